The van der Waals surface area contributed by atoms with Crippen LogP contribution in [0.15, 0.2) is 36.4 Å². The lowest BCUT2D eigenvalue weighted by molar-refractivity contribution is 0.102. The van der Waals surface area contributed by atoms with Crippen LogP contribution in [0.25, 0.3) is 10.2 Å². The van der Waals surface area contributed by atoms with Crippen molar-refractivity contribution in [3.05, 3.63) is 58.1 Å². The molecule has 3 rings (SSSR count). The van der Waals surface area contributed by atoms with E-state index in [1.807, 2.05) is 44.2 Å². The van der Waals surface area contributed by atoms with E-state index in [1.165, 1.54) is 11.3 Å². The van der Waals surface area contributed by atoms with Crippen LogP contribution in [-0.2, 0) is 0 Å². The van der Waals surface area contributed by atoms with Gasteiger partial charge in [-0.1, -0.05) is 46.7 Å². The number of carbonyl (C=O) groups excluding carboxylic acids is 1. The van der Waals surface area contributed by atoms with Gasteiger partial charge in [0.15, 0.2) is 5.13 Å². The second kappa shape index (κ2) is 5.47. The Bertz CT molecular complexity index is 802. The van der Waals surface area contributed by atoms with E-state index in [0.29, 0.717) is 15.7 Å². The van der Waals surface area contributed by atoms with Crippen molar-refractivity contribution in [2.75, 3.05) is 5.32 Å². The second-order valence-electron chi connectivity index (χ2n) is 4.88. The Balaban J connectivity index is 1.93. The molecule has 3 aromatic rings. The summed E-state index contributed by atoms with van der Waals surface area (Å²) >= 11 is 7.56. The Hall–Kier alpha value is -1.91. The third-order valence-electron chi connectivity index (χ3n) is 3.20. The number of hydrogen-bond donors (Lipinski definition) is 1. The van der Waals surface area contributed by atoms with Gasteiger partial charge in [0.25, 0.3) is 5.91 Å². The number of thiazole rings is 1. The van der Waals surface area contributed by atoms with Gasteiger partial charge in [-0.15, -0.1) is 0 Å². The normalized spacial score (nSPS) is 10.8. The minimum absolute atomic E-state index is 0.161. The predicted molar refractivity (Wildman–Crippen MR) is 88.5 cm³/mol. The summed E-state index contributed by atoms with van der Waals surface area (Å²) in [5.41, 5.74) is 3.55. The maximum absolute atomic E-state index is 12.2. The van der Waals surface area contributed by atoms with E-state index < -0.39 is 0 Å². The Morgan fingerprint density at radius 3 is 2.76 bits per heavy atom. The number of carbonyl (C=O) groups is 1. The van der Waals surface area contributed by atoms with Crippen LogP contribution in [-0.4, -0.2) is 10.9 Å². The Kier molecular flexibility index (Phi) is 3.66. The van der Waals surface area contributed by atoms with Crippen molar-refractivity contribution in [3.8, 4) is 0 Å². The van der Waals surface area contributed by atoms with Gasteiger partial charge < -0.3 is 0 Å². The average Bonchev–Trinajstić information content (AvgIpc) is 2.88. The van der Waals surface area contributed by atoms with Crippen molar-refractivity contribution < 1.29 is 4.79 Å². The van der Waals surface area contributed by atoms with Crippen molar-refractivity contribution in [2.45, 2.75) is 13.8 Å². The SMILES string of the molecule is Cc1cccc(C(=O)Nc2nc3c(C)ccc(Cl)c3s2)c1. The third kappa shape index (κ3) is 2.77. The molecule has 3 nitrogen and oxygen atoms in total. The molecule has 0 saturated heterocycles. The molecular formula is C16H13ClN2OS. The maximum Gasteiger partial charge on any atom is 0.257 e. The standard InChI is InChI=1S/C16H13ClN2OS/c1-9-4-3-5-11(8-9)15(20)19-16-18-13-10(2)6-7-12(17)14(13)21-16/h3-8H,1-2H3,(H,18,19,20). The van der Waals surface area contributed by atoms with Crippen LogP contribution < -0.4 is 5.32 Å². The molecule has 0 spiro atoms. The molecule has 0 aliphatic rings. The molecule has 0 radical (unpaired) electrons. The molecule has 1 heterocycles. The minimum Gasteiger partial charge on any atom is -0.298 e. The van der Waals surface area contributed by atoms with Gasteiger partial charge in [0, 0.05) is 5.56 Å². The van der Waals surface area contributed by atoms with E-state index in [1.54, 1.807) is 6.07 Å². The lowest BCUT2D eigenvalue weighted by Crippen LogP contribution is -2.11. The fourth-order valence-corrected chi connectivity index (χ4v) is 3.32. The lowest BCUT2D eigenvalue weighted by atomic mass is 10.1. The summed E-state index contributed by atoms with van der Waals surface area (Å²) in [7, 11) is 0. The molecule has 0 bridgehead atoms. The van der Waals surface area contributed by atoms with Crippen LogP contribution in [0.3, 0.4) is 0 Å². The predicted octanol–water partition coefficient (Wildman–Crippen LogP) is 4.82. The first-order chi connectivity index (χ1) is 10.0. The van der Waals surface area contributed by atoms with Gasteiger partial charge in [0.1, 0.15) is 0 Å². The molecule has 0 saturated carbocycles. The van der Waals surface area contributed by atoms with Gasteiger partial charge in [-0.05, 0) is 37.6 Å². The quantitative estimate of drug-likeness (QED) is 0.736. The van der Waals surface area contributed by atoms with E-state index in [4.69, 9.17) is 11.6 Å². The Morgan fingerprint density at radius 1 is 1.24 bits per heavy atom. The number of halogens is 1. The summed E-state index contributed by atoms with van der Waals surface area (Å²) in [6.07, 6.45) is 0. The van der Waals surface area contributed by atoms with Crippen LogP contribution in [0.2, 0.25) is 5.02 Å². The zero-order valence-electron chi connectivity index (χ0n) is 11.6. The number of fused-ring (bicyclic) bond motifs is 1. The minimum atomic E-state index is -0.161. The number of aromatic nitrogens is 1. The molecule has 0 aliphatic heterocycles. The molecular weight excluding hydrogens is 304 g/mol. The molecule has 0 unspecified atom stereocenters. The van der Waals surface area contributed by atoms with Crippen molar-refractivity contribution in [3.63, 3.8) is 0 Å². The Morgan fingerprint density at radius 2 is 2.05 bits per heavy atom. The van der Waals surface area contributed by atoms with E-state index in [-0.39, 0.29) is 5.91 Å². The maximum atomic E-state index is 12.2. The summed E-state index contributed by atoms with van der Waals surface area (Å²) in [4.78, 5) is 16.7. The fourth-order valence-electron chi connectivity index (χ4n) is 2.11. The van der Waals surface area contributed by atoms with Crippen LogP contribution >= 0.6 is 22.9 Å². The van der Waals surface area contributed by atoms with Gasteiger partial charge in [0.05, 0.1) is 15.2 Å². The van der Waals surface area contributed by atoms with Gasteiger partial charge >= 0.3 is 0 Å². The number of aryl methyl sites for hydroxylation is 2. The lowest BCUT2D eigenvalue weighted by Gasteiger charge is -2.02. The zero-order chi connectivity index (χ0) is 15.0. The van der Waals surface area contributed by atoms with Crippen LogP contribution in [0.5, 0.6) is 0 Å². The highest BCUT2D eigenvalue weighted by Gasteiger charge is 2.12. The summed E-state index contributed by atoms with van der Waals surface area (Å²) in [6, 6.07) is 11.2. The largest absolute Gasteiger partial charge is 0.298 e. The highest BCUT2D eigenvalue weighted by molar-refractivity contribution is 7.23. The molecule has 5 heteroatoms. The number of hydrogen-bond acceptors (Lipinski definition) is 3. The van der Waals surface area contributed by atoms with Crippen molar-refractivity contribution in [2.24, 2.45) is 0 Å². The first-order valence-electron chi connectivity index (χ1n) is 6.48. The topological polar surface area (TPSA) is 42.0 Å². The van der Waals surface area contributed by atoms with E-state index >= 15 is 0 Å². The van der Waals surface area contributed by atoms with Gasteiger partial charge in [0.2, 0.25) is 0 Å². The molecule has 1 aromatic heterocycles. The van der Waals surface area contributed by atoms with Gasteiger partial charge in [-0.2, -0.15) is 0 Å². The van der Waals surface area contributed by atoms with E-state index in [0.717, 1.165) is 21.3 Å². The first kappa shape index (κ1) is 14.0. The van der Waals surface area contributed by atoms with E-state index in [9.17, 15) is 4.79 Å². The molecule has 106 valence electrons. The molecule has 2 aromatic carbocycles. The molecule has 0 fully saturated rings. The van der Waals surface area contributed by atoms with Crippen LogP contribution in [0.1, 0.15) is 21.5 Å². The molecule has 21 heavy (non-hydrogen) atoms. The molecule has 1 N–H and O–H groups in total. The number of nitrogens with one attached hydrogen (secondary N) is 1. The summed E-state index contributed by atoms with van der Waals surface area (Å²) < 4.78 is 0.899. The zero-order valence-corrected chi connectivity index (χ0v) is 13.2. The summed E-state index contributed by atoms with van der Waals surface area (Å²) in [5.74, 6) is -0.161. The molecule has 1 amide bonds. The second-order valence-corrected chi connectivity index (χ2v) is 6.29. The number of rotatable bonds is 2. The summed E-state index contributed by atoms with van der Waals surface area (Å²) in [6.45, 7) is 3.93. The summed E-state index contributed by atoms with van der Waals surface area (Å²) in [5, 5.41) is 4.06. The highest BCUT2D eigenvalue weighted by atomic mass is 35.5. The van der Waals surface area contributed by atoms with E-state index in [2.05, 4.69) is 10.3 Å². The molecule has 0 atom stereocenters. The number of anilines is 1. The van der Waals surface area contributed by atoms with Crippen LogP contribution in [0.4, 0.5) is 5.13 Å². The third-order valence-corrected chi connectivity index (χ3v) is 4.63. The number of amides is 1. The molecule has 0 aliphatic carbocycles. The number of benzene rings is 2. The van der Waals surface area contributed by atoms with Crippen LogP contribution in [0, 0.1) is 13.8 Å². The van der Waals surface area contributed by atoms with Crippen molar-refractivity contribution >= 4 is 44.2 Å². The fraction of sp³-hybridized carbons (Fsp3) is 0.125. The number of nitrogens with zero attached hydrogens (tertiary/aromatic N) is 1. The average molecular weight is 317 g/mol. The Labute approximate surface area is 131 Å². The van der Waals surface area contributed by atoms with Gasteiger partial charge in [-0.25, -0.2) is 4.98 Å². The monoisotopic (exact) mass is 316 g/mol. The highest BCUT2D eigenvalue weighted by Crippen LogP contribution is 2.33. The van der Waals surface area contributed by atoms with Gasteiger partial charge in [-0.3, -0.25) is 10.1 Å². The first-order valence-corrected chi connectivity index (χ1v) is 7.68. The van der Waals surface area contributed by atoms with Crippen molar-refractivity contribution in [1.29, 1.82) is 0 Å². The van der Waals surface area contributed by atoms with Crippen molar-refractivity contribution in [1.82, 2.24) is 4.98 Å². The smallest absolute Gasteiger partial charge is 0.257 e.